The van der Waals surface area contributed by atoms with Gasteiger partial charge >= 0.3 is 0 Å². The molecule has 22 heavy (non-hydrogen) atoms. The van der Waals surface area contributed by atoms with Gasteiger partial charge in [0.1, 0.15) is 0 Å². The van der Waals surface area contributed by atoms with E-state index >= 15 is 0 Å². The molecule has 4 rings (SSSR count). The molecule has 4 heteroatoms. The largest absolute Gasteiger partial charge is 0.344 e. The average Bonchev–Trinajstić information content (AvgIpc) is 2.78. The maximum atomic E-state index is 10.7. The Morgan fingerprint density at radius 2 is 1.91 bits per heavy atom. The van der Waals surface area contributed by atoms with Gasteiger partial charge in [0.25, 0.3) is 0 Å². The molecule has 0 radical (unpaired) electrons. The molecule has 1 spiro atoms. The van der Waals surface area contributed by atoms with Crippen molar-refractivity contribution in [3.8, 4) is 11.3 Å². The lowest BCUT2D eigenvalue weighted by Gasteiger charge is -2.57. The molecule has 2 aliphatic rings. The predicted molar refractivity (Wildman–Crippen MR) is 85.5 cm³/mol. The van der Waals surface area contributed by atoms with Crippen molar-refractivity contribution in [2.75, 3.05) is 13.1 Å². The minimum Gasteiger partial charge on any atom is -0.344 e. The highest BCUT2D eigenvalue weighted by atomic mass is 16.1. The molecule has 1 aromatic carbocycles. The third-order valence-electron chi connectivity index (χ3n) is 5.25. The minimum absolute atomic E-state index is 0.383. The van der Waals surface area contributed by atoms with E-state index in [-0.39, 0.29) is 0 Å². The Morgan fingerprint density at radius 1 is 1.18 bits per heavy atom. The molecule has 0 atom stereocenters. The Labute approximate surface area is 130 Å². The lowest BCUT2D eigenvalue weighted by atomic mass is 9.61. The first-order valence-corrected chi connectivity index (χ1v) is 7.91. The lowest BCUT2D eigenvalue weighted by molar-refractivity contribution is -0.140. The molecule has 114 valence electrons. The monoisotopic (exact) mass is 295 g/mol. The second-order valence-electron chi connectivity index (χ2n) is 7.03. The molecule has 1 aromatic heterocycles. The van der Waals surface area contributed by atoms with Crippen LogP contribution in [0.15, 0.2) is 30.5 Å². The number of nitrogens with zero attached hydrogens (tertiary/aromatic N) is 3. The summed E-state index contributed by atoms with van der Waals surface area (Å²) in [6.07, 6.45) is 5.43. The highest BCUT2D eigenvalue weighted by Crippen LogP contribution is 2.53. The van der Waals surface area contributed by atoms with Crippen molar-refractivity contribution < 1.29 is 4.79 Å². The highest BCUT2D eigenvalue weighted by molar-refractivity contribution is 5.66. The number of hydrogen-bond acceptors (Lipinski definition) is 2. The zero-order valence-electron chi connectivity index (χ0n) is 13.1. The van der Waals surface area contributed by atoms with Crippen molar-refractivity contribution in [2.45, 2.75) is 32.7 Å². The Bertz CT molecular complexity index is 720. The molecule has 1 aliphatic heterocycles. The summed E-state index contributed by atoms with van der Waals surface area (Å²) in [4.78, 5) is 12.6. The van der Waals surface area contributed by atoms with Gasteiger partial charge in [0.2, 0.25) is 6.41 Å². The van der Waals surface area contributed by atoms with Crippen molar-refractivity contribution in [2.24, 2.45) is 5.41 Å². The van der Waals surface area contributed by atoms with Gasteiger partial charge in [-0.15, -0.1) is 0 Å². The van der Waals surface area contributed by atoms with Crippen LogP contribution in [-0.4, -0.2) is 34.2 Å². The zero-order chi connectivity index (χ0) is 15.3. The number of benzene rings is 1. The van der Waals surface area contributed by atoms with E-state index in [2.05, 4.69) is 49.0 Å². The van der Waals surface area contributed by atoms with Gasteiger partial charge in [0, 0.05) is 30.3 Å². The molecule has 2 heterocycles. The number of carbonyl (C=O) groups is 1. The van der Waals surface area contributed by atoms with Gasteiger partial charge < -0.3 is 4.90 Å². The number of amides is 1. The van der Waals surface area contributed by atoms with Gasteiger partial charge in [-0.3, -0.25) is 9.48 Å². The molecule has 1 amide bonds. The second-order valence-corrected chi connectivity index (χ2v) is 7.03. The van der Waals surface area contributed by atoms with E-state index in [1.54, 1.807) is 0 Å². The smallest absolute Gasteiger partial charge is 0.209 e. The van der Waals surface area contributed by atoms with Gasteiger partial charge in [-0.25, -0.2) is 0 Å². The number of likely N-dealkylation sites (tertiary alicyclic amines) is 1. The summed E-state index contributed by atoms with van der Waals surface area (Å²) in [7, 11) is 0. The topological polar surface area (TPSA) is 38.1 Å². The van der Waals surface area contributed by atoms with E-state index < -0.39 is 0 Å². The molecule has 2 aromatic rings. The summed E-state index contributed by atoms with van der Waals surface area (Å²) in [6.45, 7) is 6.13. The normalized spacial score (nSPS) is 19.8. The summed E-state index contributed by atoms with van der Waals surface area (Å²) in [5, 5.41) is 4.86. The van der Waals surface area contributed by atoms with Crippen LogP contribution in [0.5, 0.6) is 0 Å². The van der Waals surface area contributed by atoms with Crippen molar-refractivity contribution in [3.05, 3.63) is 41.6 Å². The quantitative estimate of drug-likeness (QED) is 0.817. The van der Waals surface area contributed by atoms with Gasteiger partial charge in [-0.05, 0) is 37.8 Å². The maximum absolute atomic E-state index is 10.7. The lowest BCUT2D eigenvalue weighted by Crippen LogP contribution is -2.61. The average molecular weight is 295 g/mol. The number of rotatable bonds is 3. The maximum Gasteiger partial charge on any atom is 0.209 e. The van der Waals surface area contributed by atoms with E-state index in [1.807, 2.05) is 4.90 Å². The summed E-state index contributed by atoms with van der Waals surface area (Å²) < 4.78 is 2.14. The summed E-state index contributed by atoms with van der Waals surface area (Å²) in [5.74, 6) is 0. The summed E-state index contributed by atoms with van der Waals surface area (Å²) in [5.41, 5.74) is 5.21. The first kappa shape index (κ1) is 13.6. The van der Waals surface area contributed by atoms with Crippen molar-refractivity contribution in [3.63, 3.8) is 0 Å². The molecule has 1 saturated carbocycles. The van der Waals surface area contributed by atoms with Crippen LogP contribution in [-0.2, 0) is 4.79 Å². The molecule has 4 nitrogen and oxygen atoms in total. The molecule has 2 fully saturated rings. The fourth-order valence-corrected chi connectivity index (χ4v) is 4.05. The van der Waals surface area contributed by atoms with E-state index in [1.165, 1.54) is 16.7 Å². The van der Waals surface area contributed by atoms with Crippen LogP contribution in [0, 0.1) is 19.3 Å². The van der Waals surface area contributed by atoms with Gasteiger partial charge in [0.05, 0.1) is 11.7 Å². The van der Waals surface area contributed by atoms with Crippen LogP contribution in [0.1, 0.15) is 30.0 Å². The highest BCUT2D eigenvalue weighted by Gasteiger charge is 2.53. The Hall–Kier alpha value is -2.10. The standard InChI is InChI=1S/C18H21N3O/c1-13-5-3-4-6-16(13)17-14(2)9-21(19-17)15-7-18(8-15)10-20(11-18)12-22/h3-6,9,12,15H,7-8,10-11H2,1-2H3. The predicted octanol–water partition coefficient (Wildman–Crippen LogP) is 2.96. The number of aromatic nitrogens is 2. The van der Waals surface area contributed by atoms with Gasteiger partial charge in [-0.2, -0.15) is 5.10 Å². The van der Waals surface area contributed by atoms with Crippen LogP contribution < -0.4 is 0 Å². The Balaban J connectivity index is 1.53. The van der Waals surface area contributed by atoms with Crippen molar-refractivity contribution >= 4 is 6.41 Å². The second kappa shape index (κ2) is 4.70. The van der Waals surface area contributed by atoms with Gasteiger partial charge in [-0.1, -0.05) is 24.3 Å². The number of hydrogen-bond donors (Lipinski definition) is 0. The molecular formula is C18H21N3O. The minimum atomic E-state index is 0.383. The van der Waals surface area contributed by atoms with Gasteiger partial charge in [0.15, 0.2) is 0 Å². The SMILES string of the molecule is Cc1ccccc1-c1nn(C2CC3(C2)CN(C=O)C3)cc1C. The van der Waals surface area contributed by atoms with Crippen molar-refractivity contribution in [1.82, 2.24) is 14.7 Å². The van der Waals surface area contributed by atoms with Crippen LogP contribution in [0.3, 0.4) is 0 Å². The fourth-order valence-electron chi connectivity index (χ4n) is 4.05. The van der Waals surface area contributed by atoms with E-state index in [0.29, 0.717) is 11.5 Å². The van der Waals surface area contributed by atoms with E-state index in [4.69, 9.17) is 5.10 Å². The van der Waals surface area contributed by atoms with Crippen LogP contribution in [0.4, 0.5) is 0 Å². The Kier molecular flexibility index (Phi) is 2.90. The zero-order valence-corrected chi connectivity index (χ0v) is 13.1. The third-order valence-corrected chi connectivity index (χ3v) is 5.25. The Morgan fingerprint density at radius 3 is 2.59 bits per heavy atom. The first-order chi connectivity index (χ1) is 10.6. The fraction of sp³-hybridized carbons (Fsp3) is 0.444. The summed E-state index contributed by atoms with van der Waals surface area (Å²) >= 11 is 0. The molecular weight excluding hydrogens is 274 g/mol. The van der Waals surface area contributed by atoms with Crippen molar-refractivity contribution in [1.29, 1.82) is 0 Å². The molecule has 0 N–H and O–H groups in total. The molecule has 0 bridgehead atoms. The van der Waals surface area contributed by atoms with E-state index in [9.17, 15) is 4.79 Å². The number of carbonyl (C=O) groups excluding carboxylic acids is 1. The van der Waals surface area contributed by atoms with Crippen LogP contribution >= 0.6 is 0 Å². The van der Waals surface area contributed by atoms with Crippen LogP contribution in [0.25, 0.3) is 11.3 Å². The van der Waals surface area contributed by atoms with E-state index in [0.717, 1.165) is 38.0 Å². The molecule has 1 aliphatic carbocycles. The van der Waals surface area contributed by atoms with Crippen LogP contribution in [0.2, 0.25) is 0 Å². The summed E-state index contributed by atoms with van der Waals surface area (Å²) in [6, 6.07) is 8.91. The molecule has 0 unspecified atom stereocenters. The first-order valence-electron chi connectivity index (χ1n) is 7.91. The molecule has 1 saturated heterocycles. The third kappa shape index (κ3) is 1.97. The number of aryl methyl sites for hydroxylation is 2.